The number of nitrogens with zero attached hydrogens (tertiary/aromatic N) is 1. The zero-order chi connectivity index (χ0) is 15.7. The number of nitrogens with one attached hydrogen (secondary N) is 1. The van der Waals surface area contributed by atoms with Gasteiger partial charge in [-0.1, -0.05) is 42.1 Å². The van der Waals surface area contributed by atoms with Gasteiger partial charge in [0, 0.05) is 6.20 Å². The molecular weight excluding hydrogens is 337 g/mol. The molecule has 21 heavy (non-hydrogen) atoms. The van der Waals surface area contributed by atoms with Crippen molar-refractivity contribution in [2.24, 2.45) is 0 Å². The Hall–Kier alpha value is -1.94. The van der Waals surface area contributed by atoms with Crippen molar-refractivity contribution in [3.05, 3.63) is 66.5 Å². The molecule has 0 spiro atoms. The smallest absolute Gasteiger partial charge is 0.101 e. The first-order valence-electron chi connectivity index (χ1n) is 5.88. The van der Waals surface area contributed by atoms with E-state index < -0.39 is 0 Å². The Labute approximate surface area is 135 Å². The van der Waals surface area contributed by atoms with E-state index in [4.69, 9.17) is 11.5 Å². The molecular formula is C15H14ClCuN3O. The Bertz CT molecular complexity index is 680. The normalized spacial score (nSPS) is 9.10. The summed E-state index contributed by atoms with van der Waals surface area (Å²) in [6.07, 6.45) is 1.66. The molecule has 0 aliphatic rings. The average molecular weight is 351 g/mol. The summed E-state index contributed by atoms with van der Waals surface area (Å²) in [5.74, 6) is 0.608. The third-order valence-corrected chi connectivity index (χ3v) is 2.59. The Morgan fingerprint density at radius 2 is 1.67 bits per heavy atom. The van der Waals surface area contributed by atoms with Crippen LogP contribution in [0.5, 0.6) is 5.75 Å². The Morgan fingerprint density at radius 3 is 2.24 bits per heavy atom. The van der Waals surface area contributed by atoms with Crippen molar-refractivity contribution < 1.29 is 20.2 Å². The van der Waals surface area contributed by atoms with Crippen LogP contribution >= 0.6 is 10.1 Å². The number of hydrogen-bond acceptors (Lipinski definition) is 3. The van der Waals surface area contributed by atoms with Crippen LogP contribution in [0.25, 0.3) is 16.5 Å². The third kappa shape index (κ3) is 5.15. The van der Waals surface area contributed by atoms with Gasteiger partial charge in [0.15, 0.2) is 0 Å². The van der Waals surface area contributed by atoms with Crippen LogP contribution in [0.1, 0.15) is 0 Å². The van der Waals surface area contributed by atoms with Crippen LogP contribution in [0, 0.1) is 0 Å². The monoisotopic (exact) mass is 350 g/mol. The summed E-state index contributed by atoms with van der Waals surface area (Å²) in [5.41, 5.74) is 13.0. The predicted octanol–water partition coefficient (Wildman–Crippen LogP) is 4.58. The molecule has 1 heterocycles. The Balaban J connectivity index is 0.000000210. The summed E-state index contributed by atoms with van der Waals surface area (Å²) in [5, 5.41) is 11.0. The molecule has 113 valence electrons. The number of hydrogen-bond donors (Lipinski definition) is 2. The maximum atomic E-state index is 9.23. The van der Waals surface area contributed by atoms with Gasteiger partial charge in [0.05, 0.1) is 0 Å². The second-order valence-corrected chi connectivity index (χ2v) is 3.94. The minimum absolute atomic E-state index is 0.0358. The summed E-state index contributed by atoms with van der Waals surface area (Å²) in [4.78, 5) is 3.76. The molecule has 0 amide bonds. The molecule has 4 N–H and O–H groups in total. The molecule has 0 radical (unpaired) electrons. The van der Waals surface area contributed by atoms with Gasteiger partial charge in [0.25, 0.3) is 0 Å². The number of pyridine rings is 1. The van der Waals surface area contributed by atoms with Crippen molar-refractivity contribution >= 4 is 32.4 Å². The molecule has 4 nitrogen and oxygen atoms in total. The number of halogens is 1. The minimum atomic E-state index is 0.0358. The van der Waals surface area contributed by atoms with E-state index in [0.29, 0.717) is 5.82 Å². The van der Waals surface area contributed by atoms with E-state index in [9.17, 15) is 5.11 Å². The average Bonchev–Trinajstić information content (AvgIpc) is 2.55. The molecule has 0 saturated heterocycles. The topological polar surface area (TPSA) is 82.9 Å². The summed E-state index contributed by atoms with van der Waals surface area (Å²) < 4.78 is 0. The van der Waals surface area contributed by atoms with Gasteiger partial charge in [-0.25, -0.2) is 4.98 Å². The van der Waals surface area contributed by atoms with E-state index >= 15 is 0 Å². The van der Waals surface area contributed by atoms with E-state index in [1.807, 2.05) is 42.5 Å². The van der Waals surface area contributed by atoms with E-state index in [-0.39, 0.29) is 11.4 Å². The quantitative estimate of drug-likeness (QED) is 0.459. The molecule has 3 aromatic rings. The van der Waals surface area contributed by atoms with Gasteiger partial charge in [-0.15, -0.1) is 0 Å². The van der Waals surface area contributed by atoms with Gasteiger partial charge >= 0.3 is 25.2 Å². The molecule has 0 bridgehead atoms. The summed E-state index contributed by atoms with van der Waals surface area (Å²) in [7, 11) is 4.20. The first kappa shape index (κ1) is 17.1. The van der Waals surface area contributed by atoms with Gasteiger partial charge in [-0.2, -0.15) is 0 Å². The molecule has 0 aliphatic carbocycles. The van der Waals surface area contributed by atoms with Crippen LogP contribution in [0.3, 0.4) is 0 Å². The van der Waals surface area contributed by atoms with Crippen molar-refractivity contribution in [3.8, 4) is 5.75 Å². The number of nitrogens with two attached hydrogens (primary N) is 1. The maximum absolute atomic E-state index is 9.23. The summed E-state index contributed by atoms with van der Waals surface area (Å²) in [6, 6.07) is 16.3. The number of phenolic OH excluding ortho intramolecular Hbond substituents is 1. The largest absolute Gasteiger partial charge is 0.695 e. The first-order chi connectivity index (χ1) is 10.2. The Kier molecular flexibility index (Phi) is 7.40. The number of anilines is 1. The van der Waals surface area contributed by atoms with E-state index in [0.717, 1.165) is 10.8 Å². The van der Waals surface area contributed by atoms with Crippen LogP contribution in [-0.4, -0.2) is 10.1 Å². The molecule has 6 heteroatoms. The van der Waals surface area contributed by atoms with Crippen molar-refractivity contribution in [2.75, 3.05) is 5.73 Å². The number of phenols is 1. The van der Waals surface area contributed by atoms with Crippen molar-refractivity contribution in [3.63, 3.8) is 0 Å². The summed E-state index contributed by atoms with van der Waals surface area (Å²) >= 11 is 3.66. The molecule has 0 unspecified atom stereocenters. The molecule has 3 rings (SSSR count). The van der Waals surface area contributed by atoms with Crippen molar-refractivity contribution in [1.82, 2.24) is 4.98 Å². The van der Waals surface area contributed by atoms with Crippen LogP contribution in [0.2, 0.25) is 0 Å². The van der Waals surface area contributed by atoms with E-state index in [1.165, 1.54) is 0 Å². The molecule has 0 fully saturated rings. The van der Waals surface area contributed by atoms with Crippen LogP contribution in [-0.2, 0) is 15.1 Å². The number of benzene rings is 2. The zero-order valence-corrected chi connectivity index (χ0v) is 12.6. The fourth-order valence-electron chi connectivity index (χ4n) is 1.64. The molecule has 2 aromatic carbocycles. The van der Waals surface area contributed by atoms with Gasteiger partial charge < -0.3 is 16.6 Å². The fourth-order valence-corrected chi connectivity index (χ4v) is 1.64. The molecule has 0 saturated carbocycles. The zero-order valence-electron chi connectivity index (χ0n) is 10.9. The number of aromatic nitrogens is 1. The molecule has 0 atom stereocenters. The van der Waals surface area contributed by atoms with Gasteiger partial charge in [-0.3, -0.25) is 0 Å². The number of aromatic hydroxyl groups is 1. The van der Waals surface area contributed by atoms with E-state index in [2.05, 4.69) is 30.2 Å². The second kappa shape index (κ2) is 9.08. The van der Waals surface area contributed by atoms with Crippen LogP contribution in [0.15, 0.2) is 60.8 Å². The maximum Gasteiger partial charge on any atom is 0.101 e. The number of fused-ring (bicyclic) bond motifs is 1. The first-order valence-corrected chi connectivity index (χ1v) is 7.18. The third-order valence-electron chi connectivity index (χ3n) is 2.59. The van der Waals surface area contributed by atoms with Gasteiger partial charge in [0.1, 0.15) is 11.6 Å². The Morgan fingerprint density at radius 1 is 1.00 bits per heavy atom. The molecule has 0 aliphatic heterocycles. The number of rotatable bonds is 0. The van der Waals surface area contributed by atoms with Crippen LogP contribution in [0.4, 0.5) is 11.5 Å². The molecule has 1 aromatic heterocycles. The standard InChI is InChI=1S/C10H8NO.C5H6N2.ClH.Cu/c11-10-8-4-2-1-3-7(8)5-6-9(10)12;6-5-3-1-2-4-7-5;;/h1-6,11-12H;1-4H,(H2,6,7);1H;/q-1;;;+2/p-1. The van der Waals surface area contributed by atoms with Gasteiger partial charge in [-0.05, 0) is 29.0 Å². The SMILES string of the molecule is Nc1ccccn1.[Cl][Cu+].[NH-]c1c(O)ccc2ccccc12. The van der Waals surface area contributed by atoms with Crippen molar-refractivity contribution in [1.29, 1.82) is 0 Å². The van der Waals surface area contributed by atoms with Gasteiger partial charge in [0.2, 0.25) is 0 Å². The van der Waals surface area contributed by atoms with Crippen LogP contribution < -0.4 is 5.73 Å². The van der Waals surface area contributed by atoms with E-state index in [1.54, 1.807) is 18.3 Å². The minimum Gasteiger partial charge on any atom is -0.695 e. The second-order valence-electron chi connectivity index (χ2n) is 3.94. The fraction of sp³-hybridized carbons (Fsp3) is 0. The summed E-state index contributed by atoms with van der Waals surface area (Å²) in [6.45, 7) is 0. The van der Waals surface area contributed by atoms with Crippen molar-refractivity contribution in [2.45, 2.75) is 0 Å². The predicted molar refractivity (Wildman–Crippen MR) is 84.1 cm³/mol. The number of nitrogen functional groups attached to an aromatic ring is 1.